The number of nitrogens with zero attached hydrogens (tertiary/aromatic N) is 1. The monoisotopic (exact) mass is 195 g/mol. The van der Waals surface area contributed by atoms with Crippen LogP contribution in [0.4, 0.5) is 5.82 Å². The number of nitrogen functional groups attached to an aromatic ring is 1. The van der Waals surface area contributed by atoms with Crippen molar-refractivity contribution in [1.82, 2.24) is 4.98 Å². The second kappa shape index (κ2) is 4.57. The van der Waals surface area contributed by atoms with Crippen LogP contribution in [-0.4, -0.2) is 17.6 Å². The highest BCUT2D eigenvalue weighted by Crippen LogP contribution is 2.09. The van der Waals surface area contributed by atoms with E-state index >= 15 is 0 Å². The Hall–Kier alpha value is -1.62. The molecule has 14 heavy (non-hydrogen) atoms. The van der Waals surface area contributed by atoms with Crippen molar-refractivity contribution in [1.29, 1.82) is 0 Å². The fourth-order valence-corrected chi connectivity index (χ4v) is 0.995. The fourth-order valence-electron chi connectivity index (χ4n) is 0.995. The Bertz CT molecular complexity index is 339. The van der Waals surface area contributed by atoms with Crippen LogP contribution in [0.15, 0.2) is 12.1 Å². The number of esters is 1. The number of pyridine rings is 1. The Labute approximate surface area is 82.1 Å². The minimum Gasteiger partial charge on any atom is -0.461 e. The molecule has 1 heterocycles. The maximum Gasteiger partial charge on any atom is 0.356 e. The van der Waals surface area contributed by atoms with Gasteiger partial charge in [-0.3, -0.25) is 0 Å². The molecule has 0 saturated heterocycles. The largest absolute Gasteiger partial charge is 0.461 e. The van der Waals surface area contributed by atoms with E-state index in [9.17, 15) is 4.79 Å². The van der Waals surface area contributed by atoms with E-state index in [1.807, 2.05) is 0 Å². The Morgan fingerprint density at radius 2 is 2.29 bits per heavy atom. The van der Waals surface area contributed by atoms with Crippen LogP contribution in [0.1, 0.15) is 23.0 Å². The molecule has 4 N–H and O–H groups in total. The summed E-state index contributed by atoms with van der Waals surface area (Å²) in [6, 6.07) is 3.23. The van der Waals surface area contributed by atoms with Crippen molar-refractivity contribution in [2.75, 3.05) is 12.3 Å². The summed E-state index contributed by atoms with van der Waals surface area (Å²) in [5.74, 6) is -0.194. The van der Waals surface area contributed by atoms with E-state index in [4.69, 9.17) is 16.2 Å². The summed E-state index contributed by atoms with van der Waals surface area (Å²) in [4.78, 5) is 15.1. The molecule has 76 valence electrons. The zero-order chi connectivity index (χ0) is 10.6. The van der Waals surface area contributed by atoms with Gasteiger partial charge in [-0.2, -0.15) is 0 Å². The van der Waals surface area contributed by atoms with E-state index < -0.39 is 5.97 Å². The molecule has 0 radical (unpaired) electrons. The van der Waals surface area contributed by atoms with Gasteiger partial charge in [0.1, 0.15) is 5.82 Å². The van der Waals surface area contributed by atoms with E-state index in [0.29, 0.717) is 13.2 Å². The molecule has 0 unspecified atom stereocenters. The van der Waals surface area contributed by atoms with Crippen molar-refractivity contribution in [3.05, 3.63) is 23.4 Å². The predicted octanol–water partition coefficient (Wildman–Crippen LogP) is 0.299. The zero-order valence-electron chi connectivity index (χ0n) is 7.99. The Balaban J connectivity index is 2.91. The first-order valence-electron chi connectivity index (χ1n) is 4.31. The van der Waals surface area contributed by atoms with Crippen molar-refractivity contribution in [2.45, 2.75) is 13.5 Å². The molecule has 5 heteroatoms. The minimum absolute atomic E-state index is 0.210. The number of carbonyl (C=O) groups is 1. The first-order chi connectivity index (χ1) is 6.69. The van der Waals surface area contributed by atoms with Gasteiger partial charge in [0.25, 0.3) is 0 Å². The Morgan fingerprint density at radius 3 is 2.79 bits per heavy atom. The molecule has 1 aromatic heterocycles. The predicted molar refractivity (Wildman–Crippen MR) is 52.5 cm³/mol. The van der Waals surface area contributed by atoms with Gasteiger partial charge in [-0.1, -0.05) is 6.07 Å². The van der Waals surface area contributed by atoms with Crippen LogP contribution >= 0.6 is 0 Å². The average molecular weight is 195 g/mol. The van der Waals surface area contributed by atoms with Gasteiger partial charge in [-0.25, -0.2) is 9.78 Å². The second-order valence-electron chi connectivity index (χ2n) is 2.67. The molecular formula is C9H13N3O2. The minimum atomic E-state index is -0.470. The lowest BCUT2D eigenvalue weighted by molar-refractivity contribution is 0.0519. The molecule has 0 aromatic carbocycles. The number of ether oxygens (including phenoxy) is 1. The van der Waals surface area contributed by atoms with Gasteiger partial charge >= 0.3 is 5.97 Å². The zero-order valence-corrected chi connectivity index (χ0v) is 7.99. The third kappa shape index (κ3) is 2.20. The van der Waals surface area contributed by atoms with E-state index in [1.165, 1.54) is 0 Å². The van der Waals surface area contributed by atoms with Crippen LogP contribution < -0.4 is 11.5 Å². The summed E-state index contributed by atoms with van der Waals surface area (Å²) in [5.41, 5.74) is 11.9. The van der Waals surface area contributed by atoms with E-state index in [0.717, 1.165) is 5.56 Å². The van der Waals surface area contributed by atoms with Gasteiger partial charge in [-0.15, -0.1) is 0 Å². The van der Waals surface area contributed by atoms with Crippen LogP contribution in [0.3, 0.4) is 0 Å². The lowest BCUT2D eigenvalue weighted by Crippen LogP contribution is -2.11. The quantitative estimate of drug-likeness (QED) is 0.677. The first-order valence-corrected chi connectivity index (χ1v) is 4.31. The molecule has 0 fully saturated rings. The summed E-state index contributed by atoms with van der Waals surface area (Å²) in [7, 11) is 0. The molecule has 0 aliphatic carbocycles. The standard InChI is InChI=1S/C9H13N3O2/c1-2-14-9(13)7-4-3-6(5-10)8(11)12-7/h3-4H,2,5,10H2,1H3,(H2,11,12). The summed E-state index contributed by atoms with van der Waals surface area (Å²) in [6.07, 6.45) is 0. The highest BCUT2D eigenvalue weighted by atomic mass is 16.5. The maximum atomic E-state index is 11.2. The highest BCUT2D eigenvalue weighted by Gasteiger charge is 2.09. The summed E-state index contributed by atoms with van der Waals surface area (Å²) in [6.45, 7) is 2.36. The normalized spacial score (nSPS) is 9.86. The molecule has 0 aliphatic heterocycles. The molecule has 0 amide bonds. The lowest BCUT2D eigenvalue weighted by Gasteiger charge is -2.04. The van der Waals surface area contributed by atoms with Gasteiger partial charge in [0.05, 0.1) is 6.61 Å². The summed E-state index contributed by atoms with van der Waals surface area (Å²) < 4.78 is 4.77. The van der Waals surface area contributed by atoms with E-state index in [2.05, 4.69) is 4.98 Å². The van der Waals surface area contributed by atoms with Crippen LogP contribution in [0.2, 0.25) is 0 Å². The van der Waals surface area contributed by atoms with Crippen LogP contribution in [0.5, 0.6) is 0 Å². The molecule has 5 nitrogen and oxygen atoms in total. The topological polar surface area (TPSA) is 91.2 Å². The number of hydrogen-bond acceptors (Lipinski definition) is 5. The number of aromatic nitrogens is 1. The molecule has 1 rings (SSSR count). The van der Waals surface area contributed by atoms with Crippen molar-refractivity contribution in [3.8, 4) is 0 Å². The highest BCUT2D eigenvalue weighted by molar-refractivity contribution is 5.87. The second-order valence-corrected chi connectivity index (χ2v) is 2.67. The van der Waals surface area contributed by atoms with Crippen molar-refractivity contribution in [3.63, 3.8) is 0 Å². The fraction of sp³-hybridized carbons (Fsp3) is 0.333. The smallest absolute Gasteiger partial charge is 0.356 e. The molecule has 0 aliphatic rings. The third-order valence-electron chi connectivity index (χ3n) is 1.72. The molecule has 1 aromatic rings. The number of rotatable bonds is 3. The van der Waals surface area contributed by atoms with Gasteiger partial charge < -0.3 is 16.2 Å². The molecule has 0 atom stereocenters. The number of hydrogen-bond donors (Lipinski definition) is 2. The third-order valence-corrected chi connectivity index (χ3v) is 1.72. The first kappa shape index (κ1) is 10.5. The molecular weight excluding hydrogens is 182 g/mol. The van der Waals surface area contributed by atoms with Gasteiger partial charge in [0.15, 0.2) is 5.69 Å². The number of anilines is 1. The SMILES string of the molecule is CCOC(=O)c1ccc(CN)c(N)n1. The van der Waals surface area contributed by atoms with E-state index in [-0.39, 0.29) is 11.5 Å². The number of carbonyl (C=O) groups excluding carboxylic acids is 1. The van der Waals surface area contributed by atoms with Crippen molar-refractivity contribution < 1.29 is 9.53 Å². The lowest BCUT2D eigenvalue weighted by atomic mass is 10.2. The van der Waals surface area contributed by atoms with Gasteiger partial charge in [0.2, 0.25) is 0 Å². The molecule has 0 bridgehead atoms. The Kier molecular flexibility index (Phi) is 3.41. The van der Waals surface area contributed by atoms with E-state index in [1.54, 1.807) is 19.1 Å². The Morgan fingerprint density at radius 1 is 1.57 bits per heavy atom. The summed E-state index contributed by atoms with van der Waals surface area (Å²) >= 11 is 0. The van der Waals surface area contributed by atoms with Crippen LogP contribution in [-0.2, 0) is 11.3 Å². The molecule has 0 saturated carbocycles. The van der Waals surface area contributed by atoms with Crippen LogP contribution in [0, 0.1) is 0 Å². The summed E-state index contributed by atoms with van der Waals surface area (Å²) in [5, 5.41) is 0. The van der Waals surface area contributed by atoms with Gasteiger partial charge in [0, 0.05) is 12.1 Å². The molecule has 0 spiro atoms. The van der Waals surface area contributed by atoms with Crippen molar-refractivity contribution >= 4 is 11.8 Å². The average Bonchev–Trinajstić information content (AvgIpc) is 2.18. The van der Waals surface area contributed by atoms with Crippen LogP contribution in [0.25, 0.3) is 0 Å². The maximum absolute atomic E-state index is 11.2. The van der Waals surface area contributed by atoms with Crippen molar-refractivity contribution in [2.24, 2.45) is 5.73 Å². The number of nitrogens with two attached hydrogens (primary N) is 2. The van der Waals surface area contributed by atoms with Gasteiger partial charge in [-0.05, 0) is 13.0 Å².